The predicted molar refractivity (Wildman–Crippen MR) is 71.4 cm³/mol. The van der Waals surface area contributed by atoms with E-state index in [1.54, 1.807) is 6.26 Å². The normalized spacial score (nSPS) is 12.5. The van der Waals surface area contributed by atoms with Crippen molar-refractivity contribution in [3.63, 3.8) is 0 Å². The molecule has 0 aliphatic carbocycles. The van der Waals surface area contributed by atoms with E-state index in [4.69, 9.17) is 20.0 Å². The molecule has 5 heteroatoms. The molecular formula is C14H17NO4. The van der Waals surface area contributed by atoms with E-state index in [0.29, 0.717) is 12.4 Å². The lowest BCUT2D eigenvalue weighted by atomic mass is 9.99. The minimum atomic E-state index is -0.883. The molecule has 0 saturated heterocycles. The number of carboxylic acid groups (broad SMARTS) is 1. The zero-order valence-electron chi connectivity index (χ0n) is 10.8. The third-order valence-corrected chi connectivity index (χ3v) is 2.99. The van der Waals surface area contributed by atoms with Gasteiger partial charge in [-0.15, -0.1) is 0 Å². The summed E-state index contributed by atoms with van der Waals surface area (Å²) in [5.74, 6) is 0.201. The summed E-state index contributed by atoms with van der Waals surface area (Å²) in [4.78, 5) is 10.8. The largest absolute Gasteiger partial charge is 0.494 e. The van der Waals surface area contributed by atoms with E-state index in [1.165, 1.54) is 0 Å². The number of carbonyl (C=O) groups is 1. The number of nitrogens with two attached hydrogens (primary N) is 1. The second-order valence-corrected chi connectivity index (χ2v) is 4.31. The lowest BCUT2D eigenvalue weighted by Crippen LogP contribution is -2.15. The Labute approximate surface area is 111 Å². The first-order valence-corrected chi connectivity index (χ1v) is 6.21. The number of hydrogen-bond acceptors (Lipinski definition) is 4. The van der Waals surface area contributed by atoms with Gasteiger partial charge in [-0.1, -0.05) is 0 Å². The molecule has 0 spiro atoms. The molecule has 0 amide bonds. The van der Waals surface area contributed by atoms with Crippen molar-refractivity contribution in [1.82, 2.24) is 0 Å². The van der Waals surface area contributed by atoms with Crippen LogP contribution in [0.25, 0.3) is 10.8 Å². The summed E-state index contributed by atoms with van der Waals surface area (Å²) < 4.78 is 10.9. The first kappa shape index (κ1) is 13.4. The third kappa shape index (κ3) is 2.88. The lowest BCUT2D eigenvalue weighted by molar-refractivity contribution is -0.137. The van der Waals surface area contributed by atoms with Crippen LogP contribution in [-0.2, 0) is 4.79 Å². The summed E-state index contributed by atoms with van der Waals surface area (Å²) in [6.45, 7) is 2.76. The van der Waals surface area contributed by atoms with Crippen molar-refractivity contribution < 1.29 is 19.1 Å². The van der Waals surface area contributed by atoms with Gasteiger partial charge in [-0.2, -0.15) is 0 Å². The molecule has 19 heavy (non-hydrogen) atoms. The summed E-state index contributed by atoms with van der Waals surface area (Å²) in [5.41, 5.74) is 5.63. The van der Waals surface area contributed by atoms with Crippen LogP contribution in [0.4, 0.5) is 0 Å². The van der Waals surface area contributed by atoms with Crippen LogP contribution in [0.3, 0.4) is 0 Å². The molecule has 102 valence electrons. The molecule has 0 bridgehead atoms. The molecular weight excluding hydrogens is 246 g/mol. The van der Waals surface area contributed by atoms with Crippen molar-refractivity contribution in [1.29, 1.82) is 0 Å². The molecule has 2 rings (SSSR count). The number of aliphatic carboxylic acids is 1. The minimum absolute atomic E-state index is 0.0354. The fourth-order valence-corrected chi connectivity index (χ4v) is 2.12. The van der Waals surface area contributed by atoms with E-state index >= 15 is 0 Å². The zero-order valence-corrected chi connectivity index (χ0v) is 10.8. The number of rotatable bonds is 6. The Balaban J connectivity index is 2.36. The highest BCUT2D eigenvalue weighted by molar-refractivity contribution is 5.86. The quantitative estimate of drug-likeness (QED) is 0.835. The first-order chi connectivity index (χ1) is 9.15. The van der Waals surface area contributed by atoms with Crippen LogP contribution in [0, 0.1) is 0 Å². The highest BCUT2D eigenvalue weighted by atomic mass is 16.5. The predicted octanol–water partition coefficient (Wildman–Crippen LogP) is 2.35. The monoisotopic (exact) mass is 263 g/mol. The van der Waals surface area contributed by atoms with Gasteiger partial charge in [-0.25, -0.2) is 0 Å². The minimum Gasteiger partial charge on any atom is -0.494 e. The van der Waals surface area contributed by atoms with Crippen molar-refractivity contribution in [3.8, 4) is 5.75 Å². The molecule has 1 aromatic heterocycles. The molecule has 1 atom stereocenters. The molecule has 5 nitrogen and oxygen atoms in total. The number of furan rings is 1. The van der Waals surface area contributed by atoms with Gasteiger partial charge in [0.15, 0.2) is 0 Å². The average Bonchev–Trinajstić information content (AvgIpc) is 2.79. The fourth-order valence-electron chi connectivity index (χ4n) is 2.12. The Hall–Kier alpha value is -2.01. The number of carboxylic acids is 1. The van der Waals surface area contributed by atoms with Crippen molar-refractivity contribution in [2.24, 2.45) is 5.73 Å². The van der Waals surface area contributed by atoms with Gasteiger partial charge < -0.3 is 20.0 Å². The van der Waals surface area contributed by atoms with E-state index in [9.17, 15) is 4.79 Å². The topological polar surface area (TPSA) is 85.7 Å². The smallest absolute Gasteiger partial charge is 0.304 e. The Morgan fingerprint density at radius 1 is 1.53 bits per heavy atom. The summed E-state index contributed by atoms with van der Waals surface area (Å²) in [6.07, 6.45) is 1.57. The van der Waals surface area contributed by atoms with Gasteiger partial charge in [-0.05, 0) is 25.1 Å². The second kappa shape index (κ2) is 5.75. The number of fused-ring (bicyclic) bond motifs is 1. The summed E-state index contributed by atoms with van der Waals surface area (Å²) >= 11 is 0. The van der Waals surface area contributed by atoms with Crippen LogP contribution >= 0.6 is 0 Å². The molecule has 0 aliphatic heterocycles. The highest BCUT2D eigenvalue weighted by Crippen LogP contribution is 2.31. The van der Waals surface area contributed by atoms with E-state index < -0.39 is 5.97 Å². The van der Waals surface area contributed by atoms with Gasteiger partial charge >= 0.3 is 5.97 Å². The van der Waals surface area contributed by atoms with Crippen molar-refractivity contribution in [2.75, 3.05) is 13.2 Å². The molecule has 1 aromatic carbocycles. The van der Waals surface area contributed by atoms with Crippen LogP contribution in [-0.4, -0.2) is 24.2 Å². The molecule has 0 radical (unpaired) electrons. The Bertz CT molecular complexity index is 576. The fraction of sp³-hybridized carbons (Fsp3) is 0.357. The molecule has 3 N–H and O–H groups in total. The number of ether oxygens (including phenoxy) is 1. The van der Waals surface area contributed by atoms with Crippen LogP contribution in [0.5, 0.6) is 5.75 Å². The Morgan fingerprint density at radius 3 is 2.95 bits per heavy atom. The van der Waals surface area contributed by atoms with Gasteiger partial charge in [0.2, 0.25) is 0 Å². The van der Waals surface area contributed by atoms with Crippen molar-refractivity contribution in [2.45, 2.75) is 19.3 Å². The van der Waals surface area contributed by atoms with Gasteiger partial charge in [0.05, 0.1) is 19.3 Å². The van der Waals surface area contributed by atoms with E-state index in [1.807, 2.05) is 25.1 Å². The number of benzene rings is 1. The highest BCUT2D eigenvalue weighted by Gasteiger charge is 2.20. The van der Waals surface area contributed by atoms with Gasteiger partial charge in [0.1, 0.15) is 11.5 Å². The Morgan fingerprint density at radius 2 is 2.32 bits per heavy atom. The van der Waals surface area contributed by atoms with Crippen molar-refractivity contribution in [3.05, 3.63) is 30.2 Å². The van der Waals surface area contributed by atoms with Gasteiger partial charge in [-0.3, -0.25) is 4.79 Å². The maximum Gasteiger partial charge on any atom is 0.304 e. The average molecular weight is 263 g/mol. The van der Waals surface area contributed by atoms with Crippen molar-refractivity contribution >= 4 is 16.7 Å². The van der Waals surface area contributed by atoms with E-state index in [-0.39, 0.29) is 18.9 Å². The third-order valence-electron chi connectivity index (χ3n) is 2.99. The second-order valence-electron chi connectivity index (χ2n) is 4.31. The van der Waals surface area contributed by atoms with E-state index in [2.05, 4.69) is 0 Å². The maximum atomic E-state index is 10.8. The molecule has 1 heterocycles. The molecule has 0 aliphatic rings. The van der Waals surface area contributed by atoms with Crippen LogP contribution < -0.4 is 10.5 Å². The lowest BCUT2D eigenvalue weighted by Gasteiger charge is -2.09. The first-order valence-electron chi connectivity index (χ1n) is 6.21. The van der Waals surface area contributed by atoms with Gasteiger partial charge in [0.25, 0.3) is 0 Å². The molecule has 1 unspecified atom stereocenters. The molecule has 0 fully saturated rings. The zero-order chi connectivity index (χ0) is 13.8. The molecule has 2 aromatic rings. The number of hydrogen-bond donors (Lipinski definition) is 2. The van der Waals surface area contributed by atoms with Crippen LogP contribution in [0.2, 0.25) is 0 Å². The Kier molecular flexibility index (Phi) is 4.06. The van der Waals surface area contributed by atoms with Crippen LogP contribution in [0.1, 0.15) is 25.0 Å². The van der Waals surface area contributed by atoms with E-state index in [0.717, 1.165) is 16.5 Å². The summed E-state index contributed by atoms with van der Waals surface area (Å²) in [6, 6.07) is 5.60. The SMILES string of the molecule is CCOc1ccc2c(C(CN)CC(=O)O)occ2c1. The standard InChI is InChI=1S/C14H17NO4/c1-2-18-11-3-4-12-10(5-11)8-19-14(12)9(7-15)6-13(16)17/h3-5,8-9H,2,6-7,15H2,1H3,(H,16,17). The molecule has 0 saturated carbocycles. The van der Waals surface area contributed by atoms with Gasteiger partial charge in [0, 0.05) is 23.2 Å². The maximum absolute atomic E-state index is 10.8. The summed E-state index contributed by atoms with van der Waals surface area (Å²) in [7, 11) is 0. The summed E-state index contributed by atoms with van der Waals surface area (Å²) in [5, 5.41) is 10.7. The van der Waals surface area contributed by atoms with Crippen LogP contribution in [0.15, 0.2) is 28.9 Å².